The second-order valence-corrected chi connectivity index (χ2v) is 4.41. The number of amides is 1. The first-order valence-corrected chi connectivity index (χ1v) is 5.93. The topological polar surface area (TPSA) is 59.4 Å². The van der Waals surface area contributed by atoms with E-state index in [9.17, 15) is 4.79 Å². The van der Waals surface area contributed by atoms with Gasteiger partial charge in [-0.15, -0.1) is 0 Å². The Morgan fingerprint density at radius 3 is 2.81 bits per heavy atom. The molecular formula is C11H18N4O. The largest absolute Gasteiger partial charge is 0.342 e. The standard InChI is InChI=1S/C11H18N4O/c12-7-10-8-13-3-6-15(10)9-11(16)14-4-1-2-5-14/h10,13H,1-6,8-9H2. The molecule has 2 saturated heterocycles. The smallest absolute Gasteiger partial charge is 0.236 e. The quantitative estimate of drug-likeness (QED) is 0.678. The van der Waals surface area contributed by atoms with Crippen LogP contribution in [0.2, 0.25) is 0 Å². The van der Waals surface area contributed by atoms with Crippen LogP contribution in [0, 0.1) is 11.3 Å². The summed E-state index contributed by atoms with van der Waals surface area (Å²) in [6, 6.07) is 2.09. The SMILES string of the molecule is N#CC1CNCCN1CC(=O)N1CCCC1. The van der Waals surface area contributed by atoms with Gasteiger partial charge in [-0.2, -0.15) is 5.26 Å². The summed E-state index contributed by atoms with van der Waals surface area (Å²) in [5, 5.41) is 12.2. The van der Waals surface area contributed by atoms with E-state index < -0.39 is 0 Å². The van der Waals surface area contributed by atoms with E-state index in [1.54, 1.807) is 0 Å². The van der Waals surface area contributed by atoms with Crippen LogP contribution in [0.5, 0.6) is 0 Å². The molecule has 2 heterocycles. The third-order valence-electron chi connectivity index (χ3n) is 3.30. The Labute approximate surface area is 96.0 Å². The number of hydrogen-bond acceptors (Lipinski definition) is 4. The highest BCUT2D eigenvalue weighted by atomic mass is 16.2. The van der Waals surface area contributed by atoms with E-state index >= 15 is 0 Å². The van der Waals surface area contributed by atoms with E-state index in [2.05, 4.69) is 11.4 Å². The molecule has 5 nitrogen and oxygen atoms in total. The summed E-state index contributed by atoms with van der Waals surface area (Å²) >= 11 is 0. The Bertz CT molecular complexity index is 293. The van der Waals surface area contributed by atoms with Crippen molar-refractivity contribution in [3.8, 4) is 6.07 Å². The fourth-order valence-corrected chi connectivity index (χ4v) is 2.30. The third-order valence-corrected chi connectivity index (χ3v) is 3.30. The number of nitriles is 1. The molecule has 0 aromatic heterocycles. The van der Waals surface area contributed by atoms with Gasteiger partial charge in [0.05, 0.1) is 12.6 Å². The van der Waals surface area contributed by atoms with E-state index in [1.165, 1.54) is 0 Å². The highest BCUT2D eigenvalue weighted by Gasteiger charge is 2.26. The van der Waals surface area contributed by atoms with Gasteiger partial charge in [-0.25, -0.2) is 0 Å². The minimum Gasteiger partial charge on any atom is -0.342 e. The number of carbonyl (C=O) groups is 1. The van der Waals surface area contributed by atoms with Gasteiger partial charge >= 0.3 is 0 Å². The molecule has 5 heteroatoms. The molecule has 1 atom stereocenters. The molecule has 0 aromatic rings. The lowest BCUT2D eigenvalue weighted by Gasteiger charge is -2.32. The van der Waals surface area contributed by atoms with Gasteiger partial charge in [0.15, 0.2) is 0 Å². The summed E-state index contributed by atoms with van der Waals surface area (Å²) in [5.41, 5.74) is 0. The predicted octanol–water partition coefficient (Wildman–Crippen LogP) is -0.594. The van der Waals surface area contributed by atoms with E-state index in [-0.39, 0.29) is 11.9 Å². The van der Waals surface area contributed by atoms with E-state index in [1.807, 2.05) is 9.80 Å². The van der Waals surface area contributed by atoms with Gasteiger partial charge in [-0.1, -0.05) is 0 Å². The molecule has 0 aliphatic carbocycles. The molecular weight excluding hydrogens is 204 g/mol. The molecule has 0 radical (unpaired) electrons. The van der Waals surface area contributed by atoms with Crippen LogP contribution in [0.25, 0.3) is 0 Å². The summed E-state index contributed by atoms with van der Waals surface area (Å²) in [6.45, 7) is 4.51. The molecule has 1 amide bonds. The van der Waals surface area contributed by atoms with Gasteiger partial charge in [-0.3, -0.25) is 9.69 Å². The van der Waals surface area contributed by atoms with Crippen molar-refractivity contribution in [1.29, 1.82) is 5.26 Å². The Hall–Kier alpha value is -1.12. The van der Waals surface area contributed by atoms with Gasteiger partial charge < -0.3 is 10.2 Å². The summed E-state index contributed by atoms with van der Waals surface area (Å²) in [4.78, 5) is 15.8. The van der Waals surface area contributed by atoms with Crippen LogP contribution >= 0.6 is 0 Å². The van der Waals surface area contributed by atoms with Crippen LogP contribution in [0.3, 0.4) is 0 Å². The molecule has 1 N–H and O–H groups in total. The highest BCUT2D eigenvalue weighted by Crippen LogP contribution is 2.09. The van der Waals surface area contributed by atoms with Crippen LogP contribution in [0.15, 0.2) is 0 Å². The van der Waals surface area contributed by atoms with E-state index in [4.69, 9.17) is 5.26 Å². The molecule has 0 bridgehead atoms. The number of rotatable bonds is 2. The molecule has 2 fully saturated rings. The van der Waals surface area contributed by atoms with Gasteiger partial charge in [0, 0.05) is 32.7 Å². The van der Waals surface area contributed by atoms with Crippen molar-refractivity contribution in [2.75, 3.05) is 39.3 Å². The zero-order valence-electron chi connectivity index (χ0n) is 9.48. The van der Waals surface area contributed by atoms with Crippen LogP contribution < -0.4 is 5.32 Å². The van der Waals surface area contributed by atoms with Crippen LogP contribution in [-0.2, 0) is 4.79 Å². The second kappa shape index (κ2) is 5.28. The normalized spacial score (nSPS) is 26.7. The zero-order valence-corrected chi connectivity index (χ0v) is 9.48. The van der Waals surface area contributed by atoms with Crippen LogP contribution in [0.4, 0.5) is 0 Å². The van der Waals surface area contributed by atoms with Crippen molar-refractivity contribution in [3.63, 3.8) is 0 Å². The van der Waals surface area contributed by atoms with Crippen molar-refractivity contribution < 1.29 is 4.79 Å². The fraction of sp³-hybridized carbons (Fsp3) is 0.818. The Morgan fingerprint density at radius 1 is 1.38 bits per heavy atom. The molecule has 2 rings (SSSR count). The average Bonchev–Trinajstić information content (AvgIpc) is 2.83. The van der Waals surface area contributed by atoms with Gasteiger partial charge in [-0.05, 0) is 12.8 Å². The second-order valence-electron chi connectivity index (χ2n) is 4.41. The molecule has 0 spiro atoms. The molecule has 88 valence electrons. The van der Waals surface area contributed by atoms with Crippen LogP contribution in [-0.4, -0.2) is 61.0 Å². The maximum atomic E-state index is 11.9. The number of piperazine rings is 1. The molecule has 2 aliphatic heterocycles. The Morgan fingerprint density at radius 2 is 2.12 bits per heavy atom. The summed E-state index contributed by atoms with van der Waals surface area (Å²) in [6.07, 6.45) is 2.24. The fourth-order valence-electron chi connectivity index (χ4n) is 2.30. The molecule has 0 aromatic carbocycles. The van der Waals surface area contributed by atoms with Gasteiger partial charge in [0.1, 0.15) is 6.04 Å². The lowest BCUT2D eigenvalue weighted by Crippen LogP contribution is -2.53. The molecule has 2 aliphatic rings. The third kappa shape index (κ3) is 2.52. The number of nitrogens with zero attached hydrogens (tertiary/aromatic N) is 3. The van der Waals surface area contributed by atoms with Crippen LogP contribution in [0.1, 0.15) is 12.8 Å². The lowest BCUT2D eigenvalue weighted by atomic mass is 10.2. The first-order valence-electron chi connectivity index (χ1n) is 5.93. The number of hydrogen-bond donors (Lipinski definition) is 1. The Kier molecular flexibility index (Phi) is 3.75. The predicted molar refractivity (Wildman–Crippen MR) is 59.7 cm³/mol. The maximum Gasteiger partial charge on any atom is 0.236 e. The molecule has 1 unspecified atom stereocenters. The number of likely N-dealkylation sites (tertiary alicyclic amines) is 1. The summed E-state index contributed by atoms with van der Waals surface area (Å²) in [5.74, 6) is 0.180. The van der Waals surface area contributed by atoms with Crippen molar-refractivity contribution in [3.05, 3.63) is 0 Å². The first kappa shape index (κ1) is 11.4. The van der Waals surface area contributed by atoms with Crippen molar-refractivity contribution in [2.24, 2.45) is 0 Å². The van der Waals surface area contributed by atoms with Gasteiger partial charge in [0.25, 0.3) is 0 Å². The van der Waals surface area contributed by atoms with Gasteiger partial charge in [0.2, 0.25) is 5.91 Å². The average molecular weight is 222 g/mol. The van der Waals surface area contributed by atoms with Crippen molar-refractivity contribution in [2.45, 2.75) is 18.9 Å². The van der Waals surface area contributed by atoms with Crippen molar-refractivity contribution in [1.82, 2.24) is 15.1 Å². The van der Waals surface area contributed by atoms with Crippen molar-refractivity contribution >= 4 is 5.91 Å². The van der Waals surface area contributed by atoms with E-state index in [0.717, 1.165) is 39.0 Å². The summed E-state index contributed by atoms with van der Waals surface area (Å²) in [7, 11) is 0. The monoisotopic (exact) mass is 222 g/mol. The molecule has 16 heavy (non-hydrogen) atoms. The maximum absolute atomic E-state index is 11.9. The zero-order chi connectivity index (χ0) is 11.4. The number of nitrogens with one attached hydrogen (secondary N) is 1. The Balaban J connectivity index is 1.87. The first-order chi connectivity index (χ1) is 7.81. The summed E-state index contributed by atoms with van der Waals surface area (Å²) < 4.78 is 0. The van der Waals surface area contributed by atoms with E-state index in [0.29, 0.717) is 13.1 Å². The lowest BCUT2D eigenvalue weighted by molar-refractivity contribution is -0.131. The highest BCUT2D eigenvalue weighted by molar-refractivity contribution is 5.78. The number of carbonyl (C=O) groups excluding carboxylic acids is 1. The minimum absolute atomic E-state index is 0.152. The molecule has 0 saturated carbocycles. The minimum atomic E-state index is -0.152.